The second-order valence-electron chi connectivity index (χ2n) is 5.81. The molecule has 0 aliphatic rings. The molecule has 6 heteroatoms. The maximum atomic E-state index is 12.3. The van der Waals surface area contributed by atoms with Gasteiger partial charge in [-0.05, 0) is 62.2 Å². The molecular weight excluding hydrogens is 326 g/mol. The Morgan fingerprint density at radius 3 is 2.29 bits per heavy atom. The number of sulfone groups is 1. The van der Waals surface area contributed by atoms with Crippen LogP contribution in [0.3, 0.4) is 0 Å². The Bertz CT molecular complexity index is 842. The van der Waals surface area contributed by atoms with Gasteiger partial charge in [0, 0.05) is 11.9 Å². The number of carbonyl (C=O) groups excluding carboxylic acids is 1. The average molecular weight is 347 g/mol. The molecule has 2 rings (SSSR count). The van der Waals surface area contributed by atoms with E-state index in [9.17, 15) is 13.2 Å². The zero-order valence-electron chi connectivity index (χ0n) is 14.2. The highest BCUT2D eigenvalue weighted by Crippen LogP contribution is 2.19. The van der Waals surface area contributed by atoms with Crippen molar-refractivity contribution in [3.8, 4) is 5.75 Å². The summed E-state index contributed by atoms with van der Waals surface area (Å²) in [6.07, 6.45) is 0.428. The molecule has 1 unspecified atom stereocenters. The minimum absolute atomic E-state index is 0.211. The topological polar surface area (TPSA) is 72.5 Å². The number of ether oxygens (including phenoxy) is 1. The van der Waals surface area contributed by atoms with Crippen molar-refractivity contribution in [1.82, 2.24) is 0 Å². The van der Waals surface area contributed by atoms with Gasteiger partial charge in [-0.2, -0.15) is 0 Å². The molecule has 0 spiro atoms. The van der Waals surface area contributed by atoms with E-state index in [2.05, 4.69) is 5.32 Å². The molecule has 1 amide bonds. The molecule has 2 aromatic rings. The monoisotopic (exact) mass is 347 g/mol. The zero-order chi connectivity index (χ0) is 17.9. The van der Waals surface area contributed by atoms with Crippen LogP contribution >= 0.6 is 0 Å². The summed E-state index contributed by atoms with van der Waals surface area (Å²) in [7, 11) is -3.25. The summed E-state index contributed by atoms with van der Waals surface area (Å²) in [5.41, 5.74) is 2.78. The van der Waals surface area contributed by atoms with Crippen molar-refractivity contribution in [1.29, 1.82) is 0 Å². The number of hydrogen-bond acceptors (Lipinski definition) is 4. The van der Waals surface area contributed by atoms with Crippen molar-refractivity contribution in [3.05, 3.63) is 53.6 Å². The molecule has 0 aliphatic heterocycles. The van der Waals surface area contributed by atoms with Crippen molar-refractivity contribution < 1.29 is 17.9 Å². The van der Waals surface area contributed by atoms with E-state index in [1.54, 1.807) is 6.92 Å². The first-order chi connectivity index (χ1) is 11.2. The average Bonchev–Trinajstić information content (AvgIpc) is 2.50. The van der Waals surface area contributed by atoms with Crippen LogP contribution in [0.5, 0.6) is 5.75 Å². The van der Waals surface area contributed by atoms with Crippen LogP contribution in [0.2, 0.25) is 0 Å². The summed E-state index contributed by atoms with van der Waals surface area (Å²) in [6.45, 7) is 5.52. The van der Waals surface area contributed by atoms with Gasteiger partial charge in [-0.15, -0.1) is 0 Å². The minimum Gasteiger partial charge on any atom is -0.481 e. The van der Waals surface area contributed by atoms with E-state index < -0.39 is 15.9 Å². The third kappa shape index (κ3) is 4.58. The van der Waals surface area contributed by atoms with Crippen molar-refractivity contribution in [2.45, 2.75) is 31.8 Å². The number of aryl methyl sites for hydroxylation is 2. The summed E-state index contributed by atoms with van der Waals surface area (Å²) >= 11 is 0. The largest absolute Gasteiger partial charge is 0.481 e. The van der Waals surface area contributed by atoms with Crippen LogP contribution in [0, 0.1) is 13.8 Å². The number of rotatable bonds is 5. The van der Waals surface area contributed by atoms with Gasteiger partial charge in [0.1, 0.15) is 5.75 Å². The van der Waals surface area contributed by atoms with Crippen molar-refractivity contribution in [3.63, 3.8) is 0 Å². The minimum atomic E-state index is -3.25. The van der Waals surface area contributed by atoms with Gasteiger partial charge in [0.15, 0.2) is 15.9 Å². The fourth-order valence-electron chi connectivity index (χ4n) is 2.13. The van der Waals surface area contributed by atoms with Crippen molar-refractivity contribution >= 4 is 21.4 Å². The van der Waals surface area contributed by atoms with E-state index in [0.717, 1.165) is 23.1 Å². The highest BCUT2D eigenvalue weighted by Gasteiger charge is 2.16. The number of nitrogens with one attached hydrogen (secondary N) is 1. The lowest BCUT2D eigenvalue weighted by Crippen LogP contribution is -2.30. The molecule has 128 valence electrons. The number of benzene rings is 2. The third-order valence-corrected chi connectivity index (χ3v) is 4.71. The fourth-order valence-corrected chi connectivity index (χ4v) is 2.76. The first-order valence-electron chi connectivity index (χ1n) is 7.52. The molecular formula is C18H21NO4S. The first-order valence-corrected chi connectivity index (χ1v) is 9.41. The van der Waals surface area contributed by atoms with Gasteiger partial charge in [0.05, 0.1) is 4.90 Å². The Morgan fingerprint density at radius 1 is 1.08 bits per heavy atom. The van der Waals surface area contributed by atoms with Gasteiger partial charge in [0.2, 0.25) is 0 Å². The van der Waals surface area contributed by atoms with Crippen LogP contribution in [0.4, 0.5) is 5.69 Å². The predicted molar refractivity (Wildman–Crippen MR) is 94.2 cm³/mol. The van der Waals surface area contributed by atoms with Gasteiger partial charge in [-0.1, -0.05) is 12.1 Å². The van der Waals surface area contributed by atoms with Gasteiger partial charge >= 0.3 is 0 Å². The Hall–Kier alpha value is -2.34. The lowest BCUT2D eigenvalue weighted by atomic mass is 10.1. The SMILES string of the molecule is Cc1ccc(C)c(NC(=O)C(C)Oc2ccc(S(C)(=O)=O)cc2)c1. The molecule has 0 aliphatic carbocycles. The van der Waals surface area contributed by atoms with E-state index in [-0.39, 0.29) is 10.8 Å². The predicted octanol–water partition coefficient (Wildman–Crippen LogP) is 3.11. The second-order valence-corrected chi connectivity index (χ2v) is 7.83. The molecule has 0 aromatic heterocycles. The van der Waals surface area contributed by atoms with Crippen LogP contribution in [-0.2, 0) is 14.6 Å². The Balaban J connectivity index is 2.05. The molecule has 0 bridgehead atoms. The molecule has 2 aromatic carbocycles. The van der Waals surface area contributed by atoms with E-state index in [1.807, 2.05) is 32.0 Å². The lowest BCUT2D eigenvalue weighted by Gasteiger charge is -2.16. The van der Waals surface area contributed by atoms with E-state index in [1.165, 1.54) is 24.3 Å². The second kappa shape index (κ2) is 7.05. The highest BCUT2D eigenvalue weighted by molar-refractivity contribution is 7.90. The molecule has 1 atom stereocenters. The Labute approximate surface area is 142 Å². The maximum absolute atomic E-state index is 12.3. The summed E-state index contributed by atoms with van der Waals surface area (Å²) in [6, 6.07) is 11.8. The highest BCUT2D eigenvalue weighted by atomic mass is 32.2. The standard InChI is InChI=1S/C18H21NO4S/c1-12-5-6-13(2)17(11-12)19-18(20)14(3)23-15-7-9-16(10-8-15)24(4,21)22/h5-11,14H,1-4H3,(H,19,20). The number of amides is 1. The van der Waals surface area contributed by atoms with Gasteiger partial charge < -0.3 is 10.1 Å². The third-order valence-electron chi connectivity index (χ3n) is 3.58. The number of hydrogen-bond donors (Lipinski definition) is 1. The van der Waals surface area contributed by atoms with Crippen LogP contribution in [0.1, 0.15) is 18.1 Å². The van der Waals surface area contributed by atoms with Gasteiger partial charge in [0.25, 0.3) is 5.91 Å². The van der Waals surface area contributed by atoms with Crippen LogP contribution in [0.25, 0.3) is 0 Å². The van der Waals surface area contributed by atoms with Crippen LogP contribution < -0.4 is 10.1 Å². The van der Waals surface area contributed by atoms with Crippen molar-refractivity contribution in [2.24, 2.45) is 0 Å². The summed E-state index contributed by atoms with van der Waals surface area (Å²) in [5.74, 6) is 0.168. The normalized spacial score (nSPS) is 12.5. The van der Waals surface area contributed by atoms with Gasteiger partial charge in [-0.25, -0.2) is 8.42 Å². The number of anilines is 1. The summed E-state index contributed by atoms with van der Waals surface area (Å²) in [5, 5.41) is 2.85. The smallest absolute Gasteiger partial charge is 0.265 e. The van der Waals surface area contributed by atoms with Gasteiger partial charge in [-0.3, -0.25) is 4.79 Å². The van der Waals surface area contributed by atoms with Crippen molar-refractivity contribution in [2.75, 3.05) is 11.6 Å². The molecule has 0 radical (unpaired) electrons. The molecule has 0 saturated heterocycles. The lowest BCUT2D eigenvalue weighted by molar-refractivity contribution is -0.122. The maximum Gasteiger partial charge on any atom is 0.265 e. The number of carbonyl (C=O) groups is 1. The molecule has 0 heterocycles. The summed E-state index contributed by atoms with van der Waals surface area (Å²) in [4.78, 5) is 12.5. The summed E-state index contributed by atoms with van der Waals surface area (Å²) < 4.78 is 28.4. The van der Waals surface area contributed by atoms with E-state index in [4.69, 9.17) is 4.74 Å². The fraction of sp³-hybridized carbons (Fsp3) is 0.278. The zero-order valence-corrected chi connectivity index (χ0v) is 15.0. The molecule has 5 nitrogen and oxygen atoms in total. The molecule has 0 saturated carbocycles. The first kappa shape index (κ1) is 18.0. The Morgan fingerprint density at radius 2 is 1.71 bits per heavy atom. The molecule has 24 heavy (non-hydrogen) atoms. The van der Waals surface area contributed by atoms with Crippen LogP contribution in [-0.4, -0.2) is 26.7 Å². The van der Waals surface area contributed by atoms with Crippen LogP contribution in [0.15, 0.2) is 47.4 Å². The molecule has 0 fully saturated rings. The Kier molecular flexibility index (Phi) is 5.29. The molecule has 1 N–H and O–H groups in total. The van der Waals surface area contributed by atoms with E-state index in [0.29, 0.717) is 5.75 Å². The van der Waals surface area contributed by atoms with E-state index >= 15 is 0 Å². The quantitative estimate of drug-likeness (QED) is 0.902.